The van der Waals surface area contributed by atoms with Gasteiger partial charge in [0.1, 0.15) is 17.8 Å². The van der Waals surface area contributed by atoms with Crippen LogP contribution in [0.4, 0.5) is 10.5 Å². The summed E-state index contributed by atoms with van der Waals surface area (Å²) in [6.07, 6.45) is 4.16. The van der Waals surface area contributed by atoms with Crippen molar-refractivity contribution in [2.45, 2.75) is 26.2 Å². The summed E-state index contributed by atoms with van der Waals surface area (Å²) in [6, 6.07) is 18.5. The van der Waals surface area contributed by atoms with Crippen molar-refractivity contribution in [1.29, 1.82) is 5.41 Å². The number of aryl methyl sites for hydroxylation is 2. The number of hydrogen-bond donors (Lipinski definition) is 4. The smallest absolute Gasteiger partial charge is 0.328 e. The number of carbonyl (C=O) groups is 3. The van der Waals surface area contributed by atoms with Gasteiger partial charge in [-0.1, -0.05) is 55.5 Å². The van der Waals surface area contributed by atoms with E-state index in [2.05, 4.69) is 64.8 Å². The van der Waals surface area contributed by atoms with Gasteiger partial charge in [0.2, 0.25) is 0 Å². The number of anilines is 1. The van der Waals surface area contributed by atoms with E-state index in [1.165, 1.54) is 7.05 Å². The molecule has 0 aliphatic carbocycles. The van der Waals surface area contributed by atoms with Gasteiger partial charge in [0.05, 0.1) is 33.9 Å². The molecule has 6 aromatic rings. The second-order valence-electron chi connectivity index (χ2n) is 13.6. The van der Waals surface area contributed by atoms with Crippen LogP contribution in [0.3, 0.4) is 0 Å². The highest BCUT2D eigenvalue weighted by molar-refractivity contribution is 6.36. The van der Waals surface area contributed by atoms with Crippen molar-refractivity contribution in [3.8, 4) is 34.2 Å². The van der Waals surface area contributed by atoms with Gasteiger partial charge in [-0.15, -0.1) is 0 Å². The summed E-state index contributed by atoms with van der Waals surface area (Å²) in [4.78, 5) is 59.6. The molecule has 0 unspecified atom stereocenters. The van der Waals surface area contributed by atoms with Crippen molar-refractivity contribution in [3.05, 3.63) is 111 Å². The molecule has 290 valence electrons. The number of aromatic nitrogens is 4. The standard InChI is InChI=1S/C43H42ClN9O4/c1-25(2)31-20-29(22-36-39(31)52(6)43(57)51(36)5)30-12-7-10-27-21-35(50-24-32(27)30)28-14-16-34(49-23-28)41(55)48-17-8-11-26-13-15-33(46-3)37(38(26)44)40(45)53(18-9-19-54)42(56)47-4/h7,10,12-16,19-25,45-46H,9,17-18H2,1-6H3,(H,47,56)(H,48,55). The molecule has 14 heteroatoms. The number of urea groups is 1. The third-order valence-corrected chi connectivity index (χ3v) is 10.2. The summed E-state index contributed by atoms with van der Waals surface area (Å²) in [5.41, 5.74) is 7.64. The lowest BCUT2D eigenvalue weighted by Crippen LogP contribution is -2.43. The number of nitrogens with zero attached hydrogens (tertiary/aromatic N) is 5. The van der Waals surface area contributed by atoms with Gasteiger partial charge in [-0.25, -0.2) is 9.59 Å². The Labute approximate surface area is 334 Å². The van der Waals surface area contributed by atoms with Crippen molar-refractivity contribution in [1.82, 2.24) is 34.6 Å². The van der Waals surface area contributed by atoms with E-state index < -0.39 is 11.9 Å². The first-order chi connectivity index (χ1) is 27.4. The third kappa shape index (κ3) is 7.85. The fourth-order valence-corrected chi connectivity index (χ4v) is 7.08. The molecule has 3 aromatic carbocycles. The summed E-state index contributed by atoms with van der Waals surface area (Å²) < 4.78 is 3.40. The van der Waals surface area contributed by atoms with Gasteiger partial charge in [0.15, 0.2) is 0 Å². The maximum absolute atomic E-state index is 13.0. The lowest BCUT2D eigenvalue weighted by Gasteiger charge is -2.24. The van der Waals surface area contributed by atoms with E-state index in [1.807, 2.05) is 31.4 Å². The summed E-state index contributed by atoms with van der Waals surface area (Å²) in [5, 5.41) is 19.0. The molecule has 13 nitrogen and oxygen atoms in total. The van der Waals surface area contributed by atoms with Gasteiger partial charge in [-0.05, 0) is 70.5 Å². The second-order valence-corrected chi connectivity index (χ2v) is 14.0. The largest absolute Gasteiger partial charge is 0.387 e. The monoisotopic (exact) mass is 783 g/mol. The first-order valence-electron chi connectivity index (χ1n) is 18.2. The molecule has 57 heavy (non-hydrogen) atoms. The highest BCUT2D eigenvalue weighted by Crippen LogP contribution is 2.35. The first-order valence-corrected chi connectivity index (χ1v) is 18.6. The van der Waals surface area contributed by atoms with Crippen LogP contribution in [0.25, 0.3) is 44.2 Å². The van der Waals surface area contributed by atoms with E-state index in [0.29, 0.717) is 23.2 Å². The van der Waals surface area contributed by atoms with Gasteiger partial charge < -0.3 is 20.7 Å². The number of imidazole rings is 1. The molecule has 3 heterocycles. The number of amidine groups is 1. The molecular formula is C43H42ClN9O4. The lowest BCUT2D eigenvalue weighted by molar-refractivity contribution is -0.107. The van der Waals surface area contributed by atoms with E-state index in [4.69, 9.17) is 22.0 Å². The molecule has 0 fully saturated rings. The molecular weight excluding hydrogens is 742 g/mol. The van der Waals surface area contributed by atoms with Crippen LogP contribution in [-0.4, -0.2) is 75.2 Å². The molecule has 0 saturated heterocycles. The molecule has 0 saturated carbocycles. The Bertz CT molecular complexity index is 2690. The van der Waals surface area contributed by atoms with E-state index in [-0.39, 0.29) is 53.2 Å². The van der Waals surface area contributed by atoms with Crippen LogP contribution in [0.15, 0.2) is 77.9 Å². The lowest BCUT2D eigenvalue weighted by atomic mass is 9.93. The van der Waals surface area contributed by atoms with E-state index in [1.54, 1.807) is 53.7 Å². The van der Waals surface area contributed by atoms with Gasteiger partial charge in [0.25, 0.3) is 5.91 Å². The van der Waals surface area contributed by atoms with Crippen LogP contribution in [0.2, 0.25) is 5.02 Å². The molecule has 0 aliphatic heterocycles. The van der Waals surface area contributed by atoms with Crippen LogP contribution in [0.5, 0.6) is 0 Å². The topological polar surface area (TPSA) is 167 Å². The maximum atomic E-state index is 13.0. The fourth-order valence-electron chi connectivity index (χ4n) is 6.78. The molecule has 0 aliphatic rings. The highest BCUT2D eigenvalue weighted by atomic mass is 35.5. The molecule has 0 radical (unpaired) electrons. The molecule has 3 aromatic heterocycles. The summed E-state index contributed by atoms with van der Waals surface area (Å²) in [5.74, 6) is 5.41. The van der Waals surface area contributed by atoms with Crippen LogP contribution < -0.4 is 21.6 Å². The zero-order valence-corrected chi connectivity index (χ0v) is 33.2. The summed E-state index contributed by atoms with van der Waals surface area (Å²) in [7, 11) is 6.70. The van der Waals surface area contributed by atoms with Crippen molar-refractivity contribution in [2.24, 2.45) is 14.1 Å². The molecule has 0 spiro atoms. The number of aldehydes is 1. The summed E-state index contributed by atoms with van der Waals surface area (Å²) in [6.45, 7) is 4.24. The number of hydrogen-bond acceptors (Lipinski definition) is 8. The number of fused-ring (bicyclic) bond motifs is 2. The molecule has 3 amide bonds. The Kier molecular flexibility index (Phi) is 11.9. The maximum Gasteiger partial charge on any atom is 0.328 e. The van der Waals surface area contributed by atoms with E-state index in [0.717, 1.165) is 49.0 Å². The number of carbonyl (C=O) groups excluding carboxylic acids is 3. The average Bonchev–Trinajstić information content (AvgIpc) is 3.44. The number of amides is 3. The van der Waals surface area contributed by atoms with Crippen LogP contribution in [0, 0.1) is 17.3 Å². The third-order valence-electron chi connectivity index (χ3n) is 9.79. The Morgan fingerprint density at radius 1 is 1.00 bits per heavy atom. The average molecular weight is 784 g/mol. The van der Waals surface area contributed by atoms with Crippen molar-refractivity contribution in [2.75, 3.05) is 32.5 Å². The Morgan fingerprint density at radius 3 is 2.47 bits per heavy atom. The minimum Gasteiger partial charge on any atom is -0.387 e. The molecule has 0 bridgehead atoms. The van der Waals surface area contributed by atoms with Gasteiger partial charge in [-0.3, -0.25) is 34.2 Å². The molecule has 0 atom stereocenters. The zero-order valence-electron chi connectivity index (χ0n) is 32.5. The predicted octanol–water partition coefficient (Wildman–Crippen LogP) is 6.31. The van der Waals surface area contributed by atoms with Crippen LogP contribution in [-0.2, 0) is 18.9 Å². The van der Waals surface area contributed by atoms with Gasteiger partial charge >= 0.3 is 11.7 Å². The first kappa shape index (κ1) is 39.9. The minimum absolute atomic E-state index is 0.00433. The number of halogens is 1. The Morgan fingerprint density at radius 2 is 1.79 bits per heavy atom. The highest BCUT2D eigenvalue weighted by Gasteiger charge is 2.24. The van der Waals surface area contributed by atoms with Crippen molar-refractivity contribution in [3.63, 3.8) is 0 Å². The SMILES string of the molecule is CNC(=O)N(CCC=O)C(=N)c1c(NC)ccc(C#CCNC(=O)c2ccc(-c3cc4cccc(-c5cc(C(C)C)c6c(c5)n(C)c(=O)n6C)c4cn3)cn2)c1Cl. The quantitative estimate of drug-likeness (QED) is 0.0547. The summed E-state index contributed by atoms with van der Waals surface area (Å²) >= 11 is 6.70. The zero-order chi connectivity index (χ0) is 41.0. The Hall–Kier alpha value is -6.78. The number of rotatable bonds is 10. The van der Waals surface area contributed by atoms with Crippen LogP contribution in [0.1, 0.15) is 53.4 Å². The second kappa shape index (κ2) is 16.9. The molecule has 4 N–H and O–H groups in total. The van der Waals surface area contributed by atoms with Crippen LogP contribution >= 0.6 is 11.6 Å². The van der Waals surface area contributed by atoms with Gasteiger partial charge in [-0.2, -0.15) is 0 Å². The molecule has 6 rings (SSSR count). The van der Waals surface area contributed by atoms with Crippen molar-refractivity contribution >= 4 is 63.2 Å². The van der Waals surface area contributed by atoms with Crippen molar-refractivity contribution < 1.29 is 14.4 Å². The minimum atomic E-state index is -0.558. The fraction of sp³-hybridized carbons (Fsp3) is 0.233. The Balaban J connectivity index is 1.18. The predicted molar refractivity (Wildman–Crippen MR) is 225 cm³/mol. The van der Waals surface area contributed by atoms with E-state index >= 15 is 0 Å². The number of benzene rings is 3. The number of nitrogens with one attached hydrogen (secondary N) is 4. The number of pyridine rings is 2. The normalized spacial score (nSPS) is 10.9. The van der Waals surface area contributed by atoms with Gasteiger partial charge in [0, 0.05) is 75.8 Å². The van der Waals surface area contributed by atoms with E-state index in [9.17, 15) is 19.2 Å².